The summed E-state index contributed by atoms with van der Waals surface area (Å²) < 4.78 is 25.8. The molecule has 1 heterocycles. The molecular weight excluding hydrogens is 471 g/mol. The second-order valence-corrected chi connectivity index (χ2v) is 10.3. The van der Waals surface area contributed by atoms with E-state index in [1.54, 1.807) is 6.92 Å². The van der Waals surface area contributed by atoms with Gasteiger partial charge in [0, 0.05) is 43.7 Å². The van der Waals surface area contributed by atoms with E-state index in [4.69, 9.17) is 0 Å². The van der Waals surface area contributed by atoms with E-state index in [-0.39, 0.29) is 29.7 Å². The lowest BCUT2D eigenvalue weighted by Crippen LogP contribution is -2.53. The van der Waals surface area contributed by atoms with E-state index in [0.717, 1.165) is 37.8 Å². The van der Waals surface area contributed by atoms with Crippen molar-refractivity contribution in [2.24, 2.45) is 4.99 Å². The quantitative estimate of drug-likeness (QED) is 0.251. The van der Waals surface area contributed by atoms with E-state index < -0.39 is 10.0 Å². The highest BCUT2D eigenvalue weighted by molar-refractivity contribution is 14.0. The maximum absolute atomic E-state index is 11.4. The summed E-state index contributed by atoms with van der Waals surface area (Å²) >= 11 is 2.15. The third kappa shape index (κ3) is 7.42. The molecule has 0 radical (unpaired) electrons. The smallest absolute Gasteiger partial charge is 0.211 e. The minimum Gasteiger partial charge on any atom is -0.356 e. The van der Waals surface area contributed by atoms with Crippen molar-refractivity contribution in [3.8, 4) is 0 Å². The molecule has 2 N–H and O–H groups in total. The normalized spacial score (nSPS) is 21.0. The van der Waals surface area contributed by atoms with Crippen LogP contribution in [-0.2, 0) is 10.0 Å². The van der Waals surface area contributed by atoms with E-state index in [1.165, 1.54) is 32.1 Å². The fourth-order valence-electron chi connectivity index (χ4n) is 3.47. The molecule has 148 valence electrons. The van der Waals surface area contributed by atoms with Crippen LogP contribution >= 0.6 is 35.7 Å². The second-order valence-electron chi connectivity index (χ2n) is 6.64. The van der Waals surface area contributed by atoms with Gasteiger partial charge < -0.3 is 10.2 Å². The van der Waals surface area contributed by atoms with E-state index in [2.05, 4.69) is 31.7 Å². The lowest BCUT2D eigenvalue weighted by atomic mass is 9.87. The summed E-state index contributed by atoms with van der Waals surface area (Å²) in [5, 5.41) is 3.40. The molecule has 25 heavy (non-hydrogen) atoms. The Bertz CT molecular complexity index is 517. The van der Waals surface area contributed by atoms with E-state index in [1.807, 2.05) is 7.05 Å². The SMILES string of the molecule is CCS(=O)(=O)NCCCNC(=NC)N1CCSC2(CCCCC2)C1.I. The number of nitrogens with one attached hydrogen (secondary N) is 2. The molecule has 1 aliphatic carbocycles. The lowest BCUT2D eigenvalue weighted by Gasteiger charge is -2.45. The molecule has 0 bridgehead atoms. The first kappa shape index (κ1) is 23.3. The summed E-state index contributed by atoms with van der Waals surface area (Å²) in [6, 6.07) is 0. The fourth-order valence-corrected chi connectivity index (χ4v) is 5.70. The minimum absolute atomic E-state index is 0. The van der Waals surface area contributed by atoms with Crippen molar-refractivity contribution < 1.29 is 8.42 Å². The number of nitrogens with zero attached hydrogens (tertiary/aromatic N) is 2. The summed E-state index contributed by atoms with van der Waals surface area (Å²) in [5.41, 5.74) is 0. The summed E-state index contributed by atoms with van der Waals surface area (Å²) in [7, 11) is -1.26. The third-order valence-electron chi connectivity index (χ3n) is 4.86. The number of halogens is 1. The van der Waals surface area contributed by atoms with Gasteiger partial charge in [0.2, 0.25) is 10.0 Å². The van der Waals surface area contributed by atoms with Crippen LogP contribution < -0.4 is 10.0 Å². The largest absolute Gasteiger partial charge is 0.356 e. The van der Waals surface area contributed by atoms with Crippen molar-refractivity contribution in [1.29, 1.82) is 0 Å². The Morgan fingerprint density at radius 1 is 1.24 bits per heavy atom. The highest BCUT2D eigenvalue weighted by atomic mass is 127. The third-order valence-corrected chi connectivity index (χ3v) is 7.80. The first-order valence-electron chi connectivity index (χ1n) is 9.07. The number of sulfonamides is 1. The van der Waals surface area contributed by atoms with Crippen LogP contribution in [-0.4, -0.2) is 68.8 Å². The zero-order valence-electron chi connectivity index (χ0n) is 15.4. The zero-order chi connectivity index (χ0) is 17.5. The molecule has 0 atom stereocenters. The molecule has 1 spiro atoms. The van der Waals surface area contributed by atoms with Crippen molar-refractivity contribution in [1.82, 2.24) is 14.9 Å². The predicted molar refractivity (Wildman–Crippen MR) is 119 cm³/mol. The Kier molecular flexibility index (Phi) is 10.4. The van der Waals surface area contributed by atoms with Crippen molar-refractivity contribution in [3.63, 3.8) is 0 Å². The molecule has 2 rings (SSSR count). The van der Waals surface area contributed by atoms with E-state index in [0.29, 0.717) is 11.3 Å². The molecule has 1 aliphatic heterocycles. The van der Waals surface area contributed by atoms with Crippen LogP contribution in [0.25, 0.3) is 0 Å². The molecule has 0 aromatic carbocycles. The van der Waals surface area contributed by atoms with Crippen LogP contribution in [0.5, 0.6) is 0 Å². The number of hydrogen-bond acceptors (Lipinski definition) is 4. The Hall–Kier alpha value is 0.260. The highest BCUT2D eigenvalue weighted by Crippen LogP contribution is 2.42. The van der Waals surface area contributed by atoms with Gasteiger partial charge in [-0.2, -0.15) is 11.8 Å². The van der Waals surface area contributed by atoms with Gasteiger partial charge in [0.1, 0.15) is 0 Å². The van der Waals surface area contributed by atoms with Crippen LogP contribution in [0.4, 0.5) is 0 Å². The van der Waals surface area contributed by atoms with Gasteiger partial charge in [0.15, 0.2) is 5.96 Å². The van der Waals surface area contributed by atoms with Crippen LogP contribution in [0.1, 0.15) is 45.4 Å². The molecule has 1 saturated carbocycles. The molecule has 1 saturated heterocycles. The van der Waals surface area contributed by atoms with Crippen LogP contribution in [0, 0.1) is 0 Å². The highest BCUT2D eigenvalue weighted by Gasteiger charge is 2.38. The van der Waals surface area contributed by atoms with Crippen molar-refractivity contribution in [2.75, 3.05) is 44.7 Å². The molecule has 2 aliphatic rings. The fraction of sp³-hybridized carbons (Fsp3) is 0.938. The topological polar surface area (TPSA) is 73.8 Å². The number of aliphatic imine (C=N–C) groups is 1. The molecule has 6 nitrogen and oxygen atoms in total. The Balaban J connectivity index is 0.00000312. The average Bonchev–Trinajstić information content (AvgIpc) is 2.59. The van der Waals surface area contributed by atoms with E-state index >= 15 is 0 Å². The summed E-state index contributed by atoms with van der Waals surface area (Å²) in [5.74, 6) is 2.26. The van der Waals surface area contributed by atoms with Gasteiger partial charge in [-0.05, 0) is 26.2 Å². The van der Waals surface area contributed by atoms with Gasteiger partial charge in [0.25, 0.3) is 0 Å². The monoisotopic (exact) mass is 504 g/mol. The second kappa shape index (κ2) is 11.2. The predicted octanol–water partition coefficient (Wildman–Crippen LogP) is 2.26. The molecular formula is C16H33IN4O2S2. The maximum Gasteiger partial charge on any atom is 0.211 e. The number of hydrogen-bond donors (Lipinski definition) is 2. The van der Waals surface area contributed by atoms with Crippen LogP contribution in [0.3, 0.4) is 0 Å². The van der Waals surface area contributed by atoms with Crippen molar-refractivity contribution in [2.45, 2.75) is 50.2 Å². The first-order chi connectivity index (χ1) is 11.5. The minimum atomic E-state index is -3.09. The van der Waals surface area contributed by atoms with Gasteiger partial charge in [-0.15, -0.1) is 24.0 Å². The Morgan fingerprint density at radius 3 is 2.60 bits per heavy atom. The Labute approximate surface area is 174 Å². The summed E-state index contributed by atoms with van der Waals surface area (Å²) in [6.45, 7) is 4.97. The number of guanidine groups is 1. The molecule has 9 heteroatoms. The molecule has 0 amide bonds. The van der Waals surface area contributed by atoms with Gasteiger partial charge in [-0.1, -0.05) is 19.3 Å². The molecule has 2 fully saturated rings. The zero-order valence-corrected chi connectivity index (χ0v) is 19.4. The first-order valence-corrected chi connectivity index (χ1v) is 11.7. The van der Waals surface area contributed by atoms with Gasteiger partial charge in [-0.3, -0.25) is 4.99 Å². The summed E-state index contributed by atoms with van der Waals surface area (Å²) in [4.78, 5) is 6.82. The summed E-state index contributed by atoms with van der Waals surface area (Å²) in [6.07, 6.45) is 7.48. The van der Waals surface area contributed by atoms with Crippen molar-refractivity contribution >= 4 is 51.7 Å². The van der Waals surface area contributed by atoms with Crippen molar-refractivity contribution in [3.05, 3.63) is 0 Å². The molecule has 0 aromatic heterocycles. The lowest BCUT2D eigenvalue weighted by molar-refractivity contribution is 0.293. The maximum atomic E-state index is 11.4. The van der Waals surface area contributed by atoms with Gasteiger partial charge >= 0.3 is 0 Å². The van der Waals surface area contributed by atoms with E-state index in [9.17, 15) is 8.42 Å². The average molecular weight is 505 g/mol. The molecule has 0 unspecified atom stereocenters. The van der Waals surface area contributed by atoms with Crippen LogP contribution in [0.15, 0.2) is 4.99 Å². The molecule has 0 aromatic rings. The van der Waals surface area contributed by atoms with Gasteiger partial charge in [-0.25, -0.2) is 13.1 Å². The van der Waals surface area contributed by atoms with Crippen LogP contribution in [0.2, 0.25) is 0 Å². The number of rotatable bonds is 6. The standard InChI is InChI=1S/C16H32N4O2S2.HI/c1-3-24(21,22)19-11-7-10-18-15(17-2)20-12-13-23-16(14-20)8-5-4-6-9-16;/h19H,3-14H2,1-2H3,(H,17,18);1H. The van der Waals surface area contributed by atoms with Gasteiger partial charge in [0.05, 0.1) is 5.75 Å². The Morgan fingerprint density at radius 2 is 1.96 bits per heavy atom. The number of thioether (sulfide) groups is 1.